The van der Waals surface area contributed by atoms with Gasteiger partial charge in [0.15, 0.2) is 11.0 Å². The second kappa shape index (κ2) is 8.75. The number of piperidine rings is 1. The van der Waals surface area contributed by atoms with Crippen LogP contribution in [0.1, 0.15) is 35.9 Å². The number of fused-ring (bicyclic) bond motifs is 1. The summed E-state index contributed by atoms with van der Waals surface area (Å²) in [7, 11) is 0. The van der Waals surface area contributed by atoms with Gasteiger partial charge in [0.2, 0.25) is 0 Å². The Labute approximate surface area is 186 Å². The first-order valence-corrected chi connectivity index (χ1v) is 10.8. The highest BCUT2D eigenvalue weighted by Crippen LogP contribution is 2.48. The predicted octanol–water partition coefficient (Wildman–Crippen LogP) is 4.00. The Kier molecular flexibility index (Phi) is 6.05. The molecule has 1 fully saturated rings. The largest absolute Gasteiger partial charge is 0.487 e. The molecule has 1 aromatic carbocycles. The number of carbonyl (C=O) groups is 1. The summed E-state index contributed by atoms with van der Waals surface area (Å²) in [5, 5.41) is 24.7. The van der Waals surface area contributed by atoms with Gasteiger partial charge in [-0.3, -0.25) is 15.6 Å². The van der Waals surface area contributed by atoms with Gasteiger partial charge in [-0.1, -0.05) is 34.2 Å². The fourth-order valence-corrected chi connectivity index (χ4v) is 4.92. The summed E-state index contributed by atoms with van der Waals surface area (Å²) in [5.74, 6) is -0.660. The third-order valence-corrected chi connectivity index (χ3v) is 6.72. The van der Waals surface area contributed by atoms with E-state index in [1.54, 1.807) is 18.2 Å². The highest BCUT2D eigenvalue weighted by Gasteiger charge is 2.44. The maximum absolute atomic E-state index is 14.9. The molecule has 0 saturated carbocycles. The first-order chi connectivity index (χ1) is 14.9. The van der Waals surface area contributed by atoms with Gasteiger partial charge < -0.3 is 14.7 Å². The van der Waals surface area contributed by atoms with Crippen LogP contribution in [0.25, 0.3) is 0 Å². The summed E-state index contributed by atoms with van der Waals surface area (Å²) in [5.41, 5.74) is 2.11. The molecule has 1 spiro atoms. The number of halogens is 2. The summed E-state index contributed by atoms with van der Waals surface area (Å²) >= 11 is 7.45. The second-order valence-corrected chi connectivity index (χ2v) is 8.80. The zero-order valence-electron chi connectivity index (χ0n) is 16.3. The van der Waals surface area contributed by atoms with Gasteiger partial charge in [0.05, 0.1) is 16.1 Å². The lowest BCUT2D eigenvalue weighted by Crippen LogP contribution is -2.50. The molecule has 31 heavy (non-hydrogen) atoms. The quantitative estimate of drug-likeness (QED) is 0.265. The molecule has 2 aromatic rings. The van der Waals surface area contributed by atoms with E-state index in [0.29, 0.717) is 47.1 Å². The molecule has 1 atom stereocenters. The number of aromatic nitrogens is 1. The van der Waals surface area contributed by atoms with E-state index in [1.807, 2.05) is 0 Å². The average Bonchev–Trinajstić information content (AvgIpc) is 3.21. The molecule has 2 aliphatic rings. The highest BCUT2D eigenvalue weighted by molar-refractivity contribution is 7.17. The van der Waals surface area contributed by atoms with E-state index in [4.69, 9.17) is 26.9 Å². The van der Waals surface area contributed by atoms with Gasteiger partial charge in [0.1, 0.15) is 24.1 Å². The molecule has 3 heterocycles. The minimum atomic E-state index is -1.16. The molecule has 0 amide bonds. The van der Waals surface area contributed by atoms with Crippen LogP contribution in [0.5, 0.6) is 5.75 Å². The Hall–Kier alpha value is -2.79. The number of anilines is 1. The van der Waals surface area contributed by atoms with Gasteiger partial charge in [-0.15, -0.1) is 5.11 Å². The summed E-state index contributed by atoms with van der Waals surface area (Å²) in [6.07, 6.45) is 1.94. The number of carboxylic acid groups (broad SMARTS) is 1. The van der Waals surface area contributed by atoms with Gasteiger partial charge in [-0.05, 0) is 12.1 Å². The highest BCUT2D eigenvalue weighted by atomic mass is 35.5. The molecular formula is C19H20ClFN6O3S. The number of ether oxygens (including phenoxy) is 1. The SMILES string of the molecule is N=C(/N=N\NCC(=O)O)c1cnc(N2CCC3(CC2)CC(F)c2c(Cl)cccc2O3)s1. The molecule has 4 rings (SSSR count). The minimum Gasteiger partial charge on any atom is -0.487 e. The van der Waals surface area contributed by atoms with E-state index in [2.05, 4.69) is 25.6 Å². The van der Waals surface area contributed by atoms with Gasteiger partial charge >= 0.3 is 5.97 Å². The molecule has 1 aromatic heterocycles. The fraction of sp³-hybridized carbons (Fsp3) is 0.421. The standard InChI is InChI=1S/C19H20ClFN6O3S/c20-11-2-1-3-13-16(11)12(21)8-19(30-13)4-6-27(7-5-19)18-23-9-14(31-18)17(22)25-26-24-10-15(28)29/h1-3,9,12H,4-8,10H2,(H,28,29)(H2,22,24,25). The van der Waals surface area contributed by atoms with Gasteiger partial charge in [-0.2, -0.15) is 0 Å². The first-order valence-electron chi connectivity index (χ1n) is 9.63. The molecule has 9 nitrogen and oxygen atoms in total. The summed E-state index contributed by atoms with van der Waals surface area (Å²) in [6.45, 7) is 0.911. The molecule has 0 bridgehead atoms. The molecule has 0 aliphatic carbocycles. The first kappa shape index (κ1) is 21.4. The van der Waals surface area contributed by atoms with Crippen molar-refractivity contribution in [2.75, 3.05) is 24.5 Å². The Morgan fingerprint density at radius 1 is 1.48 bits per heavy atom. The van der Waals surface area contributed by atoms with E-state index in [0.717, 1.165) is 5.13 Å². The Morgan fingerprint density at radius 2 is 2.26 bits per heavy atom. The number of thiazole rings is 1. The van der Waals surface area contributed by atoms with Crippen LogP contribution in [0.4, 0.5) is 9.52 Å². The number of hydrogen-bond acceptors (Lipinski definition) is 7. The summed E-state index contributed by atoms with van der Waals surface area (Å²) < 4.78 is 21.1. The number of carboxylic acids is 1. The van der Waals surface area contributed by atoms with Crippen LogP contribution in [0.15, 0.2) is 34.7 Å². The van der Waals surface area contributed by atoms with Crippen molar-refractivity contribution in [1.29, 1.82) is 5.41 Å². The van der Waals surface area contributed by atoms with Crippen LogP contribution in [0, 0.1) is 5.41 Å². The number of nitrogens with zero attached hydrogens (tertiary/aromatic N) is 4. The van der Waals surface area contributed by atoms with E-state index >= 15 is 0 Å². The van der Waals surface area contributed by atoms with Crippen molar-refractivity contribution in [3.8, 4) is 5.75 Å². The van der Waals surface area contributed by atoms with E-state index in [9.17, 15) is 9.18 Å². The lowest BCUT2D eigenvalue weighted by molar-refractivity contribution is -0.135. The van der Waals surface area contributed by atoms with Crippen LogP contribution in [0.3, 0.4) is 0 Å². The lowest BCUT2D eigenvalue weighted by Gasteiger charge is -2.45. The monoisotopic (exact) mass is 466 g/mol. The number of amidine groups is 1. The normalized spacial score (nSPS) is 19.8. The van der Waals surface area contributed by atoms with Gasteiger partial charge in [-0.25, -0.2) is 9.37 Å². The molecule has 2 aliphatic heterocycles. The Balaban J connectivity index is 1.38. The van der Waals surface area contributed by atoms with Gasteiger partial charge in [0.25, 0.3) is 0 Å². The summed E-state index contributed by atoms with van der Waals surface area (Å²) in [6, 6.07) is 5.21. The molecule has 12 heteroatoms. The van der Waals surface area contributed by atoms with Crippen molar-refractivity contribution in [1.82, 2.24) is 10.4 Å². The van der Waals surface area contributed by atoms with Crippen molar-refractivity contribution in [3.63, 3.8) is 0 Å². The van der Waals surface area contributed by atoms with Crippen molar-refractivity contribution in [2.24, 2.45) is 10.3 Å². The van der Waals surface area contributed by atoms with Crippen molar-refractivity contribution in [3.05, 3.63) is 39.9 Å². The Bertz CT molecular complexity index is 1020. The smallest absolute Gasteiger partial charge is 0.324 e. The molecule has 1 unspecified atom stereocenters. The van der Waals surface area contributed by atoms with Gasteiger partial charge in [0, 0.05) is 37.9 Å². The third kappa shape index (κ3) is 4.62. The molecular weight excluding hydrogens is 447 g/mol. The van der Waals surface area contributed by atoms with Crippen LogP contribution in [-0.4, -0.2) is 47.1 Å². The van der Waals surface area contributed by atoms with Crippen molar-refractivity contribution in [2.45, 2.75) is 31.0 Å². The maximum Gasteiger partial charge on any atom is 0.324 e. The van der Waals surface area contributed by atoms with E-state index in [-0.39, 0.29) is 18.8 Å². The minimum absolute atomic E-state index is 0.112. The lowest BCUT2D eigenvalue weighted by atomic mass is 9.82. The number of hydrogen-bond donors (Lipinski definition) is 3. The summed E-state index contributed by atoms with van der Waals surface area (Å²) in [4.78, 5) is 17.4. The molecule has 0 radical (unpaired) electrons. The van der Waals surface area contributed by atoms with E-state index < -0.39 is 17.7 Å². The average molecular weight is 467 g/mol. The molecule has 1 saturated heterocycles. The predicted molar refractivity (Wildman–Crippen MR) is 114 cm³/mol. The fourth-order valence-electron chi connectivity index (χ4n) is 3.78. The van der Waals surface area contributed by atoms with Crippen molar-refractivity contribution < 1.29 is 19.0 Å². The van der Waals surface area contributed by atoms with E-state index in [1.165, 1.54) is 17.5 Å². The van der Waals surface area contributed by atoms with Crippen LogP contribution in [-0.2, 0) is 4.79 Å². The second-order valence-electron chi connectivity index (χ2n) is 7.38. The maximum atomic E-state index is 14.9. The van der Waals surface area contributed by atoms with Crippen molar-refractivity contribution >= 4 is 39.9 Å². The Morgan fingerprint density at radius 3 is 3.00 bits per heavy atom. The van der Waals surface area contributed by atoms with Crippen LogP contribution in [0.2, 0.25) is 5.02 Å². The number of alkyl halides is 1. The molecule has 3 N–H and O–H groups in total. The van der Waals surface area contributed by atoms with Crippen LogP contribution >= 0.6 is 22.9 Å². The number of aliphatic carboxylic acids is 1. The number of nitrogens with one attached hydrogen (secondary N) is 2. The third-order valence-electron chi connectivity index (χ3n) is 5.33. The number of benzene rings is 1. The zero-order chi connectivity index (χ0) is 22.0. The topological polar surface area (TPSA) is 123 Å². The zero-order valence-corrected chi connectivity index (χ0v) is 17.9. The molecule has 164 valence electrons. The van der Waals surface area contributed by atoms with Crippen LogP contribution < -0.4 is 15.1 Å². The number of rotatable bonds is 5.